The molecule has 0 bridgehead atoms. The Balaban J connectivity index is 2.14. The number of amides is 1. The van der Waals surface area contributed by atoms with Crippen molar-refractivity contribution in [3.8, 4) is 0 Å². The number of hydrogen-bond acceptors (Lipinski definition) is 4. The second-order valence-electron chi connectivity index (χ2n) is 6.03. The van der Waals surface area contributed by atoms with Crippen molar-refractivity contribution in [3.63, 3.8) is 0 Å². The van der Waals surface area contributed by atoms with Crippen LogP contribution in [0.2, 0.25) is 0 Å². The summed E-state index contributed by atoms with van der Waals surface area (Å²) >= 11 is 1.33. The summed E-state index contributed by atoms with van der Waals surface area (Å²) in [5.74, 6) is -5.80. The first-order chi connectivity index (χ1) is 13.7. The molecule has 5 nitrogen and oxygen atoms in total. The minimum atomic E-state index is -1.39. The molecule has 5 N–H and O–H groups in total. The predicted octanol–water partition coefficient (Wildman–Crippen LogP) is 4.26. The van der Waals surface area contributed by atoms with Crippen molar-refractivity contribution in [1.29, 1.82) is 0 Å². The average molecular weight is 516 g/mol. The second-order valence-corrected chi connectivity index (χ2v) is 7.10. The molecule has 29 heavy (non-hydrogen) atoms. The number of halogens is 5. The molecule has 0 unspecified atom stereocenters. The summed E-state index contributed by atoms with van der Waals surface area (Å²) < 4.78 is 57.4. The first-order valence-corrected chi connectivity index (χ1v) is 9.19. The smallest absolute Gasteiger partial charge is 0.248 e. The second kappa shape index (κ2) is 8.23. The van der Waals surface area contributed by atoms with Crippen molar-refractivity contribution < 1.29 is 22.4 Å². The Labute approximate surface area is 176 Å². The van der Waals surface area contributed by atoms with Crippen molar-refractivity contribution in [1.82, 2.24) is 4.98 Å². The standard InChI is InChI=1S/C19H13F4IN4O/c20-12-8(4-5-27-18(12)25)7-11-13(21)16(24)14(22)15(23)17(11)28-10-3-1-2-9(6-10)19(26)29/h1-6,28H,7H2,(H2,25,27)(H2,26,29). The lowest BCUT2D eigenvalue weighted by Crippen LogP contribution is -2.12. The zero-order chi connectivity index (χ0) is 21.3. The Morgan fingerprint density at radius 3 is 2.48 bits per heavy atom. The number of carbonyl (C=O) groups is 1. The van der Waals surface area contributed by atoms with Crippen LogP contribution in [0.25, 0.3) is 0 Å². The normalized spacial score (nSPS) is 10.8. The van der Waals surface area contributed by atoms with Crippen LogP contribution < -0.4 is 16.8 Å². The van der Waals surface area contributed by atoms with Gasteiger partial charge in [-0.1, -0.05) is 6.07 Å². The van der Waals surface area contributed by atoms with Gasteiger partial charge in [0.2, 0.25) is 5.91 Å². The molecule has 0 aliphatic heterocycles. The van der Waals surface area contributed by atoms with Gasteiger partial charge in [0.1, 0.15) is 5.82 Å². The van der Waals surface area contributed by atoms with Crippen LogP contribution in [-0.4, -0.2) is 10.9 Å². The van der Waals surface area contributed by atoms with Crippen LogP contribution in [-0.2, 0) is 6.42 Å². The van der Waals surface area contributed by atoms with Gasteiger partial charge in [0.15, 0.2) is 23.3 Å². The molecule has 0 fully saturated rings. The van der Waals surface area contributed by atoms with E-state index in [4.69, 9.17) is 11.5 Å². The van der Waals surface area contributed by atoms with Gasteiger partial charge in [-0.2, -0.15) is 0 Å². The lowest BCUT2D eigenvalue weighted by Gasteiger charge is -2.17. The zero-order valence-corrected chi connectivity index (χ0v) is 16.7. The van der Waals surface area contributed by atoms with Crippen molar-refractivity contribution in [2.75, 3.05) is 11.1 Å². The highest BCUT2D eigenvalue weighted by atomic mass is 127. The van der Waals surface area contributed by atoms with Gasteiger partial charge in [0.25, 0.3) is 0 Å². The highest BCUT2D eigenvalue weighted by Gasteiger charge is 2.25. The molecule has 0 saturated carbocycles. The number of hydrogen-bond donors (Lipinski definition) is 3. The van der Waals surface area contributed by atoms with Gasteiger partial charge < -0.3 is 16.8 Å². The molecule has 0 aliphatic rings. The number of nitrogens with zero attached hydrogens (tertiary/aromatic N) is 1. The van der Waals surface area contributed by atoms with Crippen LogP contribution in [0.15, 0.2) is 36.5 Å². The number of nitrogens with one attached hydrogen (secondary N) is 1. The molecule has 10 heteroatoms. The maximum absolute atomic E-state index is 14.8. The number of anilines is 3. The minimum absolute atomic E-state index is 0.0489. The number of primary amides is 1. The number of pyridine rings is 1. The van der Waals surface area contributed by atoms with Crippen LogP contribution in [0.1, 0.15) is 21.5 Å². The summed E-state index contributed by atoms with van der Waals surface area (Å²) in [4.78, 5) is 14.9. The largest absolute Gasteiger partial charge is 0.381 e. The van der Waals surface area contributed by atoms with Gasteiger partial charge in [-0.05, 0) is 52.4 Å². The van der Waals surface area contributed by atoms with E-state index in [0.717, 1.165) is 0 Å². The Bertz CT molecular complexity index is 1120. The Morgan fingerprint density at radius 1 is 1.07 bits per heavy atom. The summed E-state index contributed by atoms with van der Waals surface area (Å²) in [5, 5.41) is 2.56. The molecule has 0 aliphatic carbocycles. The number of nitrogens with two attached hydrogens (primary N) is 2. The number of carbonyl (C=O) groups excluding carboxylic acids is 1. The maximum Gasteiger partial charge on any atom is 0.248 e. The lowest BCUT2D eigenvalue weighted by atomic mass is 10.0. The quantitative estimate of drug-likeness (QED) is 0.205. The highest BCUT2D eigenvalue weighted by Crippen LogP contribution is 2.34. The molecule has 0 spiro atoms. The van der Waals surface area contributed by atoms with Gasteiger partial charge in [0, 0.05) is 29.4 Å². The van der Waals surface area contributed by atoms with Gasteiger partial charge >= 0.3 is 0 Å². The molecule has 3 rings (SSSR count). The van der Waals surface area contributed by atoms with Crippen molar-refractivity contribution >= 4 is 45.7 Å². The summed E-state index contributed by atoms with van der Waals surface area (Å²) in [6.07, 6.45) is 0.801. The van der Waals surface area contributed by atoms with Crippen LogP contribution in [0, 0.1) is 26.8 Å². The van der Waals surface area contributed by atoms with Crippen molar-refractivity contribution in [3.05, 3.63) is 80.1 Å². The van der Waals surface area contributed by atoms with E-state index >= 15 is 0 Å². The highest BCUT2D eigenvalue weighted by molar-refractivity contribution is 14.1. The van der Waals surface area contributed by atoms with Gasteiger partial charge in [-0.3, -0.25) is 4.79 Å². The molecule has 2 aromatic carbocycles. The molecule has 1 heterocycles. The first kappa shape index (κ1) is 20.8. The van der Waals surface area contributed by atoms with Gasteiger partial charge in [-0.15, -0.1) is 0 Å². The number of rotatable bonds is 5. The average Bonchev–Trinajstić information content (AvgIpc) is 2.70. The third-order valence-electron chi connectivity index (χ3n) is 4.14. The SMILES string of the molecule is NC(=O)c1cccc(Nc2c(F)c(F)c(I)c(F)c2Cc2ccnc(N)c2F)c1. The van der Waals surface area contributed by atoms with Crippen LogP contribution in [0.4, 0.5) is 34.8 Å². The molecule has 0 saturated heterocycles. The summed E-state index contributed by atoms with van der Waals surface area (Å²) in [5.41, 5.74) is 10.0. The molecule has 1 aromatic heterocycles. The van der Waals surface area contributed by atoms with E-state index in [-0.39, 0.29) is 22.4 Å². The van der Waals surface area contributed by atoms with E-state index in [0.29, 0.717) is 0 Å². The van der Waals surface area contributed by atoms with Gasteiger partial charge in [-0.25, -0.2) is 22.5 Å². The summed E-state index contributed by atoms with van der Waals surface area (Å²) in [6, 6.07) is 6.90. The van der Waals surface area contributed by atoms with Crippen LogP contribution in [0.3, 0.4) is 0 Å². The van der Waals surface area contributed by atoms with Crippen molar-refractivity contribution in [2.45, 2.75) is 6.42 Å². The van der Waals surface area contributed by atoms with E-state index in [1.54, 1.807) is 0 Å². The Kier molecular flexibility index (Phi) is 5.91. The number of aromatic nitrogens is 1. The zero-order valence-electron chi connectivity index (χ0n) is 14.6. The lowest BCUT2D eigenvalue weighted by molar-refractivity contribution is 0.100. The van der Waals surface area contributed by atoms with E-state index in [9.17, 15) is 22.4 Å². The third-order valence-corrected chi connectivity index (χ3v) is 5.09. The van der Waals surface area contributed by atoms with E-state index in [2.05, 4.69) is 10.3 Å². The fraction of sp³-hybridized carbons (Fsp3) is 0.0526. The van der Waals surface area contributed by atoms with E-state index in [1.807, 2.05) is 0 Å². The molecule has 0 radical (unpaired) electrons. The third kappa shape index (κ3) is 4.11. The van der Waals surface area contributed by atoms with E-state index in [1.165, 1.54) is 59.1 Å². The van der Waals surface area contributed by atoms with Crippen LogP contribution >= 0.6 is 22.6 Å². The molecule has 150 valence electrons. The monoisotopic (exact) mass is 516 g/mol. The predicted molar refractivity (Wildman–Crippen MR) is 109 cm³/mol. The van der Waals surface area contributed by atoms with Crippen LogP contribution in [0.5, 0.6) is 0 Å². The summed E-state index contributed by atoms with van der Waals surface area (Å²) in [7, 11) is 0. The Hall–Kier alpha value is -2.89. The number of benzene rings is 2. The molecular weight excluding hydrogens is 503 g/mol. The fourth-order valence-electron chi connectivity index (χ4n) is 2.70. The summed E-state index contributed by atoms with van der Waals surface area (Å²) in [6.45, 7) is 0. The molecule has 1 amide bonds. The van der Waals surface area contributed by atoms with E-state index < -0.39 is 50.7 Å². The molecule has 3 aromatic rings. The number of nitrogen functional groups attached to an aromatic ring is 1. The maximum atomic E-state index is 14.8. The first-order valence-electron chi connectivity index (χ1n) is 8.11. The van der Waals surface area contributed by atoms with Gasteiger partial charge in [0.05, 0.1) is 9.26 Å². The topological polar surface area (TPSA) is 94.0 Å². The van der Waals surface area contributed by atoms with Crippen molar-refractivity contribution in [2.24, 2.45) is 5.73 Å². The molecule has 0 atom stereocenters. The fourth-order valence-corrected chi connectivity index (χ4v) is 3.26. The molecular formula is C19H13F4IN4O. The minimum Gasteiger partial charge on any atom is -0.381 e. The Morgan fingerprint density at radius 2 is 1.79 bits per heavy atom.